The topological polar surface area (TPSA) is 61.3 Å². The summed E-state index contributed by atoms with van der Waals surface area (Å²) in [6.45, 7) is 2.84. The second kappa shape index (κ2) is 6.34. The van der Waals surface area contributed by atoms with Gasteiger partial charge < -0.3 is 15.0 Å². The van der Waals surface area contributed by atoms with Crippen molar-refractivity contribution in [2.45, 2.75) is 32.4 Å². The van der Waals surface area contributed by atoms with Crippen LogP contribution in [0.3, 0.4) is 0 Å². The lowest BCUT2D eigenvalue weighted by Gasteiger charge is -2.11. The Morgan fingerprint density at radius 2 is 2.10 bits per heavy atom. The van der Waals surface area contributed by atoms with Gasteiger partial charge in [0.2, 0.25) is 0 Å². The van der Waals surface area contributed by atoms with Gasteiger partial charge in [-0.25, -0.2) is 0 Å². The molecule has 0 atom stereocenters. The van der Waals surface area contributed by atoms with Crippen molar-refractivity contribution in [3.63, 3.8) is 0 Å². The van der Waals surface area contributed by atoms with E-state index in [1.807, 2.05) is 6.92 Å². The van der Waals surface area contributed by atoms with E-state index >= 15 is 0 Å². The van der Waals surface area contributed by atoms with Crippen molar-refractivity contribution in [2.24, 2.45) is 5.73 Å². The summed E-state index contributed by atoms with van der Waals surface area (Å²) in [5.74, 6) is 0.530. The van der Waals surface area contributed by atoms with E-state index in [2.05, 4.69) is 5.16 Å². The van der Waals surface area contributed by atoms with E-state index in [1.54, 1.807) is 0 Å². The van der Waals surface area contributed by atoms with Gasteiger partial charge in [0, 0.05) is 5.56 Å². The van der Waals surface area contributed by atoms with Gasteiger partial charge in [-0.05, 0) is 31.5 Å². The molecule has 0 aliphatic heterocycles. The number of fused-ring (bicyclic) bond motifs is 1. The monoisotopic (exact) mass is 302 g/mol. The van der Waals surface area contributed by atoms with Crippen LogP contribution in [-0.2, 0) is 12.6 Å². The molecule has 21 heavy (non-hydrogen) atoms. The SMILES string of the molecule is CCCc1c(OCCCN)ccc2c(C(F)(F)F)noc12. The summed E-state index contributed by atoms with van der Waals surface area (Å²) in [5.41, 5.74) is 5.17. The fourth-order valence-electron chi connectivity index (χ4n) is 2.13. The Labute approximate surface area is 120 Å². The average Bonchev–Trinajstić information content (AvgIpc) is 2.85. The predicted molar refractivity (Wildman–Crippen MR) is 72.2 cm³/mol. The summed E-state index contributed by atoms with van der Waals surface area (Å²) < 4.78 is 49.1. The third-order valence-electron chi connectivity index (χ3n) is 3.08. The van der Waals surface area contributed by atoms with Crippen LogP contribution in [0.4, 0.5) is 13.2 Å². The highest BCUT2D eigenvalue weighted by atomic mass is 19.4. The summed E-state index contributed by atoms with van der Waals surface area (Å²) in [4.78, 5) is 0. The highest BCUT2D eigenvalue weighted by molar-refractivity contribution is 5.85. The number of ether oxygens (including phenoxy) is 1. The van der Waals surface area contributed by atoms with Gasteiger partial charge in [-0.15, -0.1) is 0 Å². The maximum Gasteiger partial charge on any atom is 0.437 e. The van der Waals surface area contributed by atoms with Crippen LogP contribution in [0.2, 0.25) is 0 Å². The minimum Gasteiger partial charge on any atom is -0.493 e. The second-order valence-electron chi connectivity index (χ2n) is 4.69. The summed E-state index contributed by atoms with van der Waals surface area (Å²) >= 11 is 0. The molecule has 116 valence electrons. The number of nitrogens with zero attached hydrogens (tertiary/aromatic N) is 1. The fourth-order valence-corrected chi connectivity index (χ4v) is 2.13. The Morgan fingerprint density at radius 1 is 1.33 bits per heavy atom. The van der Waals surface area contributed by atoms with Crippen LogP contribution in [0.25, 0.3) is 11.0 Å². The van der Waals surface area contributed by atoms with Crippen LogP contribution in [-0.4, -0.2) is 18.3 Å². The molecule has 1 aromatic carbocycles. The molecule has 0 saturated carbocycles. The molecule has 4 nitrogen and oxygen atoms in total. The minimum absolute atomic E-state index is 0.0304. The second-order valence-corrected chi connectivity index (χ2v) is 4.69. The maximum absolute atomic E-state index is 12.9. The number of benzene rings is 1. The molecule has 0 spiro atoms. The smallest absolute Gasteiger partial charge is 0.437 e. The molecular formula is C14H17F3N2O2. The van der Waals surface area contributed by atoms with E-state index in [9.17, 15) is 13.2 Å². The first-order chi connectivity index (χ1) is 9.99. The first-order valence-corrected chi connectivity index (χ1v) is 6.80. The van der Waals surface area contributed by atoms with E-state index in [4.69, 9.17) is 15.0 Å². The van der Waals surface area contributed by atoms with Crippen molar-refractivity contribution in [2.75, 3.05) is 13.2 Å². The van der Waals surface area contributed by atoms with Gasteiger partial charge in [-0.1, -0.05) is 18.5 Å². The lowest BCUT2D eigenvalue weighted by molar-refractivity contribution is -0.141. The van der Waals surface area contributed by atoms with Crippen molar-refractivity contribution in [3.8, 4) is 5.75 Å². The van der Waals surface area contributed by atoms with E-state index in [0.717, 1.165) is 6.42 Å². The van der Waals surface area contributed by atoms with Crippen LogP contribution in [0.15, 0.2) is 16.7 Å². The van der Waals surface area contributed by atoms with Gasteiger partial charge in [0.15, 0.2) is 11.3 Å². The maximum atomic E-state index is 12.9. The zero-order chi connectivity index (χ0) is 15.5. The lowest BCUT2D eigenvalue weighted by Crippen LogP contribution is -2.08. The third-order valence-corrected chi connectivity index (χ3v) is 3.08. The van der Waals surface area contributed by atoms with Crippen LogP contribution >= 0.6 is 0 Å². The zero-order valence-electron chi connectivity index (χ0n) is 11.7. The molecule has 1 aromatic heterocycles. The number of hydrogen-bond donors (Lipinski definition) is 1. The highest BCUT2D eigenvalue weighted by Gasteiger charge is 2.37. The van der Waals surface area contributed by atoms with Gasteiger partial charge in [-0.2, -0.15) is 13.2 Å². The van der Waals surface area contributed by atoms with Crippen molar-refractivity contribution < 1.29 is 22.4 Å². The minimum atomic E-state index is -4.53. The number of aryl methyl sites for hydroxylation is 1. The van der Waals surface area contributed by atoms with Crippen molar-refractivity contribution >= 4 is 11.0 Å². The van der Waals surface area contributed by atoms with E-state index in [1.165, 1.54) is 12.1 Å². The first-order valence-electron chi connectivity index (χ1n) is 6.80. The third kappa shape index (κ3) is 3.29. The van der Waals surface area contributed by atoms with Gasteiger partial charge >= 0.3 is 6.18 Å². The van der Waals surface area contributed by atoms with E-state index in [0.29, 0.717) is 37.3 Å². The molecule has 2 rings (SSSR count). The molecule has 0 amide bonds. The largest absolute Gasteiger partial charge is 0.493 e. The quantitative estimate of drug-likeness (QED) is 0.829. The fraction of sp³-hybridized carbons (Fsp3) is 0.500. The summed E-state index contributed by atoms with van der Waals surface area (Å²) in [6.07, 6.45) is -2.54. The molecular weight excluding hydrogens is 285 g/mol. The average molecular weight is 302 g/mol. The molecule has 7 heteroatoms. The van der Waals surface area contributed by atoms with Crippen molar-refractivity contribution in [3.05, 3.63) is 23.4 Å². The lowest BCUT2D eigenvalue weighted by atomic mass is 10.0. The van der Waals surface area contributed by atoms with Crippen molar-refractivity contribution in [1.82, 2.24) is 5.16 Å². The molecule has 0 unspecified atom stereocenters. The van der Waals surface area contributed by atoms with Crippen LogP contribution in [0, 0.1) is 0 Å². The molecule has 1 heterocycles. The molecule has 0 aliphatic carbocycles. The first kappa shape index (κ1) is 15.6. The van der Waals surface area contributed by atoms with E-state index < -0.39 is 11.9 Å². The molecule has 2 N–H and O–H groups in total. The molecule has 0 radical (unpaired) electrons. The molecule has 0 fully saturated rings. The Balaban J connectivity index is 2.45. The summed E-state index contributed by atoms with van der Waals surface area (Å²) in [5, 5.41) is 3.14. The number of halogens is 3. The number of rotatable bonds is 6. The van der Waals surface area contributed by atoms with Crippen LogP contribution in [0.1, 0.15) is 31.0 Å². The molecule has 2 aromatic rings. The number of hydrogen-bond acceptors (Lipinski definition) is 4. The zero-order valence-corrected chi connectivity index (χ0v) is 11.7. The Hall–Kier alpha value is -1.76. The van der Waals surface area contributed by atoms with Gasteiger partial charge in [0.25, 0.3) is 0 Å². The normalized spacial score (nSPS) is 12.0. The Bertz CT molecular complexity index is 608. The predicted octanol–water partition coefficient (Wildman–Crippen LogP) is 3.53. The molecule has 0 aliphatic rings. The van der Waals surface area contributed by atoms with Crippen LogP contribution in [0.5, 0.6) is 5.75 Å². The van der Waals surface area contributed by atoms with Gasteiger partial charge in [0.05, 0.1) is 12.0 Å². The Kier molecular flexibility index (Phi) is 4.72. The van der Waals surface area contributed by atoms with Gasteiger partial charge in [-0.3, -0.25) is 0 Å². The van der Waals surface area contributed by atoms with E-state index in [-0.39, 0.29) is 11.0 Å². The Morgan fingerprint density at radius 3 is 2.71 bits per heavy atom. The molecule has 0 saturated heterocycles. The molecule has 0 bridgehead atoms. The number of aromatic nitrogens is 1. The summed E-state index contributed by atoms with van der Waals surface area (Å²) in [7, 11) is 0. The number of nitrogens with two attached hydrogens (primary N) is 1. The standard InChI is InChI=1S/C14H17F3N2O2/c1-2-4-9-11(20-8-3-7-18)6-5-10-12(9)21-19-13(10)14(15,16)17/h5-6H,2-4,7-8,18H2,1H3. The van der Waals surface area contributed by atoms with Crippen molar-refractivity contribution in [1.29, 1.82) is 0 Å². The van der Waals surface area contributed by atoms with Crippen LogP contribution < -0.4 is 10.5 Å². The van der Waals surface area contributed by atoms with Gasteiger partial charge in [0.1, 0.15) is 5.75 Å². The summed E-state index contributed by atoms with van der Waals surface area (Å²) in [6, 6.07) is 2.88. The highest BCUT2D eigenvalue weighted by Crippen LogP contribution is 2.38. The number of alkyl halides is 3.